The van der Waals surface area contributed by atoms with E-state index in [1.54, 1.807) is 18.2 Å². The lowest BCUT2D eigenvalue weighted by Gasteiger charge is -2.21. The number of aromatic nitrogens is 2. The van der Waals surface area contributed by atoms with Crippen LogP contribution in [0.5, 0.6) is 11.5 Å². The molecule has 2 heterocycles. The summed E-state index contributed by atoms with van der Waals surface area (Å²) in [6.07, 6.45) is -2.46. The molecule has 6 nitrogen and oxygen atoms in total. The Bertz CT molecular complexity index is 1130. The van der Waals surface area contributed by atoms with Crippen molar-refractivity contribution in [1.29, 1.82) is 0 Å². The summed E-state index contributed by atoms with van der Waals surface area (Å²) in [5, 5.41) is -0.414. The molecule has 0 saturated heterocycles. The molecule has 2 atom stereocenters. The van der Waals surface area contributed by atoms with Crippen molar-refractivity contribution in [1.82, 2.24) is 9.97 Å². The van der Waals surface area contributed by atoms with E-state index in [4.69, 9.17) is 32.5 Å². The topological polar surface area (TPSA) is 96.3 Å². The van der Waals surface area contributed by atoms with Gasteiger partial charge < -0.3 is 20.9 Å². The Hall–Kier alpha value is -2.88. The van der Waals surface area contributed by atoms with Gasteiger partial charge in [-0.15, -0.1) is 0 Å². The highest BCUT2D eigenvalue weighted by Gasteiger charge is 2.33. The smallest absolute Gasteiger partial charge is 0.417 e. The average Bonchev–Trinajstić information content (AvgIpc) is 3.02. The number of hydrogen-bond donors (Lipinski definition) is 2. The van der Waals surface area contributed by atoms with Gasteiger partial charge in [0.15, 0.2) is 11.5 Å². The summed E-state index contributed by atoms with van der Waals surface area (Å²) >= 11 is 5.84. The average molecular weight is 465 g/mol. The van der Waals surface area contributed by atoms with Crippen molar-refractivity contribution in [2.45, 2.75) is 24.7 Å². The molecule has 0 aliphatic carbocycles. The molecule has 3 aromatic rings. The number of fused-ring (bicyclic) bond motifs is 1. The lowest BCUT2D eigenvalue weighted by molar-refractivity contribution is -0.137. The third kappa shape index (κ3) is 4.64. The molecule has 0 saturated carbocycles. The van der Waals surface area contributed by atoms with Gasteiger partial charge in [-0.2, -0.15) is 13.2 Å². The highest BCUT2D eigenvalue weighted by atomic mass is 35.5. The second-order valence-corrected chi connectivity index (χ2v) is 7.74. The van der Waals surface area contributed by atoms with Crippen LogP contribution in [0.4, 0.5) is 13.2 Å². The van der Waals surface area contributed by atoms with Crippen LogP contribution in [0, 0.1) is 0 Å². The van der Waals surface area contributed by atoms with E-state index in [-0.39, 0.29) is 0 Å². The van der Waals surface area contributed by atoms with E-state index in [2.05, 4.69) is 9.97 Å². The maximum absolute atomic E-state index is 13.0. The Morgan fingerprint density at radius 2 is 1.66 bits per heavy atom. The molecule has 0 bridgehead atoms. The predicted molar refractivity (Wildman–Crippen MR) is 113 cm³/mol. The highest BCUT2D eigenvalue weighted by Crippen LogP contribution is 2.37. The van der Waals surface area contributed by atoms with Crippen LogP contribution in [0.2, 0.25) is 5.02 Å². The lowest BCUT2D eigenvalue weighted by Crippen LogP contribution is -2.27. The quantitative estimate of drug-likeness (QED) is 0.582. The Labute approximate surface area is 187 Å². The lowest BCUT2D eigenvalue weighted by atomic mass is 9.97. The minimum atomic E-state index is -4.54. The van der Waals surface area contributed by atoms with Crippen LogP contribution in [0.1, 0.15) is 35.3 Å². The Kier molecular flexibility index (Phi) is 6.23. The monoisotopic (exact) mass is 464 g/mol. The minimum Gasteiger partial charge on any atom is -0.490 e. The van der Waals surface area contributed by atoms with Crippen LogP contribution < -0.4 is 20.9 Å². The van der Waals surface area contributed by atoms with Crippen molar-refractivity contribution in [2.75, 3.05) is 13.2 Å². The molecule has 1 aliphatic heterocycles. The number of rotatable bonds is 4. The van der Waals surface area contributed by atoms with Gasteiger partial charge in [0, 0.05) is 12.0 Å². The van der Waals surface area contributed by atoms with Crippen LogP contribution >= 0.6 is 11.6 Å². The molecule has 32 heavy (non-hydrogen) atoms. The molecule has 0 amide bonds. The van der Waals surface area contributed by atoms with Crippen molar-refractivity contribution in [2.24, 2.45) is 11.5 Å². The van der Waals surface area contributed by atoms with Crippen molar-refractivity contribution in [3.8, 4) is 22.8 Å². The van der Waals surface area contributed by atoms with E-state index >= 15 is 0 Å². The minimum absolute atomic E-state index is 0.381. The van der Waals surface area contributed by atoms with Crippen LogP contribution in [-0.2, 0) is 6.18 Å². The molecule has 1 aliphatic rings. The van der Waals surface area contributed by atoms with Crippen molar-refractivity contribution in [3.63, 3.8) is 0 Å². The second-order valence-electron chi connectivity index (χ2n) is 7.33. The Balaban J connectivity index is 1.59. The summed E-state index contributed by atoms with van der Waals surface area (Å²) < 4.78 is 50.3. The molecule has 0 spiro atoms. The van der Waals surface area contributed by atoms with Gasteiger partial charge >= 0.3 is 6.18 Å². The van der Waals surface area contributed by atoms with Crippen LogP contribution in [-0.4, -0.2) is 23.2 Å². The molecule has 10 heteroatoms. The zero-order valence-corrected chi connectivity index (χ0v) is 17.5. The Morgan fingerprint density at radius 1 is 0.906 bits per heavy atom. The number of alkyl halides is 3. The summed E-state index contributed by atoms with van der Waals surface area (Å²) in [6, 6.07) is 9.10. The molecule has 2 aromatic carbocycles. The fraction of sp³-hybridized carbons (Fsp3) is 0.273. The molecule has 2 unspecified atom stereocenters. The molecule has 4 rings (SSSR count). The number of nitrogens with zero attached hydrogens (tertiary/aromatic N) is 2. The summed E-state index contributed by atoms with van der Waals surface area (Å²) in [7, 11) is 0. The number of ether oxygens (including phenoxy) is 2. The Morgan fingerprint density at radius 3 is 2.38 bits per heavy atom. The van der Waals surface area contributed by atoms with Gasteiger partial charge in [-0.3, -0.25) is 0 Å². The third-order valence-electron chi connectivity index (χ3n) is 5.14. The summed E-state index contributed by atoms with van der Waals surface area (Å²) in [5.74, 6) is 1.25. The SMILES string of the molecule is NC(c1ccc2c(c1)OCCCO2)C(N)c1cc(-c2ccc(C(F)(F)F)c(Cl)c2)ncn1. The standard InChI is InChI=1S/C22H20ClF3N4O2/c23-15-8-12(2-4-14(15)22(24,25)26)16-10-17(30-11-29-16)21(28)20(27)13-3-5-18-19(9-13)32-7-1-6-31-18/h2-5,8-11,20-21H,1,6-7,27-28H2. The summed E-state index contributed by atoms with van der Waals surface area (Å²) in [5.41, 5.74) is 13.8. The van der Waals surface area contributed by atoms with Crippen molar-refractivity contribution in [3.05, 3.63) is 70.6 Å². The van der Waals surface area contributed by atoms with Gasteiger partial charge in [0.1, 0.15) is 6.33 Å². The van der Waals surface area contributed by atoms with E-state index in [9.17, 15) is 13.2 Å². The predicted octanol–water partition coefficient (Wildman–Crippen LogP) is 4.68. The summed E-state index contributed by atoms with van der Waals surface area (Å²) in [6.45, 7) is 1.12. The van der Waals surface area contributed by atoms with Crippen LogP contribution in [0.15, 0.2) is 48.8 Å². The fourth-order valence-corrected chi connectivity index (χ4v) is 3.68. The largest absolute Gasteiger partial charge is 0.490 e. The van der Waals surface area contributed by atoms with Crippen molar-refractivity contribution < 1.29 is 22.6 Å². The zero-order valence-electron chi connectivity index (χ0n) is 16.8. The van der Waals surface area contributed by atoms with E-state index in [1.165, 1.54) is 18.5 Å². The maximum atomic E-state index is 13.0. The molecule has 0 radical (unpaired) electrons. The first-order chi connectivity index (χ1) is 15.2. The second kappa shape index (κ2) is 8.93. The van der Waals surface area contributed by atoms with Gasteiger partial charge in [-0.25, -0.2) is 9.97 Å². The zero-order chi connectivity index (χ0) is 22.9. The molecular weight excluding hydrogens is 445 g/mol. The van der Waals surface area contributed by atoms with Gasteiger partial charge in [-0.1, -0.05) is 23.7 Å². The highest BCUT2D eigenvalue weighted by molar-refractivity contribution is 6.31. The third-order valence-corrected chi connectivity index (χ3v) is 5.46. The molecule has 1 aromatic heterocycles. The van der Waals surface area contributed by atoms with Gasteiger partial charge in [-0.05, 0) is 35.9 Å². The van der Waals surface area contributed by atoms with Gasteiger partial charge in [0.05, 0.1) is 47.3 Å². The number of halogens is 4. The van der Waals surface area contributed by atoms with Gasteiger partial charge in [0.25, 0.3) is 0 Å². The van der Waals surface area contributed by atoms with Crippen molar-refractivity contribution >= 4 is 11.6 Å². The molecule has 4 N–H and O–H groups in total. The number of benzene rings is 2. The normalized spacial score (nSPS) is 15.7. The first kappa shape index (κ1) is 22.3. The number of nitrogens with two attached hydrogens (primary N) is 2. The molecular formula is C22H20ClF3N4O2. The molecule has 168 valence electrons. The summed E-state index contributed by atoms with van der Waals surface area (Å²) in [4.78, 5) is 8.35. The molecule has 0 fully saturated rings. The maximum Gasteiger partial charge on any atom is 0.417 e. The number of hydrogen-bond acceptors (Lipinski definition) is 6. The van der Waals surface area contributed by atoms with E-state index in [0.717, 1.165) is 18.1 Å². The van der Waals surface area contributed by atoms with E-state index in [1.807, 2.05) is 6.07 Å². The first-order valence-electron chi connectivity index (χ1n) is 9.84. The fourth-order valence-electron chi connectivity index (χ4n) is 3.40. The van der Waals surface area contributed by atoms with Gasteiger partial charge in [0.2, 0.25) is 0 Å². The van der Waals surface area contributed by atoms with Crippen LogP contribution in [0.25, 0.3) is 11.3 Å². The van der Waals surface area contributed by atoms with E-state index < -0.39 is 28.8 Å². The van der Waals surface area contributed by atoms with E-state index in [0.29, 0.717) is 41.7 Å². The first-order valence-corrected chi connectivity index (χ1v) is 10.2. The van der Waals surface area contributed by atoms with Crippen LogP contribution in [0.3, 0.4) is 0 Å².